The Kier molecular flexibility index (Phi) is 6.04. The zero-order valence-corrected chi connectivity index (χ0v) is 13.6. The van der Waals surface area contributed by atoms with Crippen LogP contribution < -0.4 is 5.32 Å². The number of amides is 1. The Morgan fingerprint density at radius 1 is 1.60 bits per heavy atom. The van der Waals surface area contributed by atoms with Crippen molar-refractivity contribution in [1.82, 2.24) is 5.32 Å². The SMILES string of the molecule is C=CC[C@H](NC(=O)C1CCCOC1)c1cccc(I)c1. The summed E-state index contributed by atoms with van der Waals surface area (Å²) in [7, 11) is 0. The van der Waals surface area contributed by atoms with Gasteiger partial charge in [-0.3, -0.25) is 4.79 Å². The Balaban J connectivity index is 2.04. The minimum absolute atomic E-state index is 0.00311. The highest BCUT2D eigenvalue weighted by molar-refractivity contribution is 14.1. The van der Waals surface area contributed by atoms with E-state index in [2.05, 4.69) is 40.6 Å². The standard InChI is InChI=1S/C16H20INO2/c1-2-5-15(12-6-3-8-14(17)10-12)18-16(19)13-7-4-9-20-11-13/h2-3,6,8,10,13,15H,1,4-5,7,9,11H2,(H,18,19)/t13?,15-/m0/s1. The fraction of sp³-hybridized carbons (Fsp3) is 0.438. The monoisotopic (exact) mass is 385 g/mol. The van der Waals surface area contributed by atoms with E-state index in [4.69, 9.17) is 4.74 Å². The maximum atomic E-state index is 12.3. The topological polar surface area (TPSA) is 38.3 Å². The van der Waals surface area contributed by atoms with Crippen LogP contribution in [0.4, 0.5) is 0 Å². The molecule has 0 bridgehead atoms. The molecule has 1 aromatic rings. The minimum Gasteiger partial charge on any atom is -0.381 e. The number of carbonyl (C=O) groups is 1. The van der Waals surface area contributed by atoms with E-state index in [1.807, 2.05) is 24.3 Å². The molecule has 2 atom stereocenters. The first kappa shape index (κ1) is 15.5. The summed E-state index contributed by atoms with van der Waals surface area (Å²) in [6.07, 6.45) is 4.47. The van der Waals surface area contributed by atoms with Crippen molar-refractivity contribution in [2.24, 2.45) is 5.92 Å². The molecule has 0 radical (unpaired) electrons. The highest BCUT2D eigenvalue weighted by Gasteiger charge is 2.24. The molecule has 0 aromatic heterocycles. The van der Waals surface area contributed by atoms with Gasteiger partial charge in [0.2, 0.25) is 5.91 Å². The summed E-state index contributed by atoms with van der Waals surface area (Å²) in [5.74, 6) is 0.0780. The third-order valence-electron chi connectivity index (χ3n) is 3.50. The number of hydrogen-bond donors (Lipinski definition) is 1. The van der Waals surface area contributed by atoms with Crippen LogP contribution in [0.3, 0.4) is 0 Å². The number of nitrogens with one attached hydrogen (secondary N) is 1. The molecule has 1 N–H and O–H groups in total. The van der Waals surface area contributed by atoms with Crippen LogP contribution in [-0.2, 0) is 9.53 Å². The van der Waals surface area contributed by atoms with E-state index in [1.165, 1.54) is 3.57 Å². The second-order valence-corrected chi connectivity index (χ2v) is 6.30. The molecular formula is C16H20INO2. The van der Waals surface area contributed by atoms with Gasteiger partial charge in [0.05, 0.1) is 18.6 Å². The number of hydrogen-bond acceptors (Lipinski definition) is 2. The molecule has 3 nitrogen and oxygen atoms in total. The van der Waals surface area contributed by atoms with Crippen molar-refractivity contribution in [1.29, 1.82) is 0 Å². The van der Waals surface area contributed by atoms with E-state index in [9.17, 15) is 4.79 Å². The molecule has 1 unspecified atom stereocenters. The van der Waals surface area contributed by atoms with Crippen LogP contribution in [0.2, 0.25) is 0 Å². The molecule has 108 valence electrons. The third kappa shape index (κ3) is 4.31. The van der Waals surface area contributed by atoms with E-state index in [0.29, 0.717) is 6.61 Å². The number of halogens is 1. The molecule has 1 saturated heterocycles. The van der Waals surface area contributed by atoms with Gasteiger partial charge in [0.15, 0.2) is 0 Å². The molecule has 0 spiro atoms. The predicted octanol–water partition coefficient (Wildman–Crippen LogP) is 3.45. The maximum Gasteiger partial charge on any atom is 0.225 e. The molecule has 0 saturated carbocycles. The largest absolute Gasteiger partial charge is 0.381 e. The predicted molar refractivity (Wildman–Crippen MR) is 88.4 cm³/mol. The fourth-order valence-electron chi connectivity index (χ4n) is 2.41. The summed E-state index contributed by atoms with van der Waals surface area (Å²) in [5.41, 5.74) is 1.13. The van der Waals surface area contributed by atoms with Gasteiger partial charge in [-0.25, -0.2) is 0 Å². The van der Waals surface area contributed by atoms with Crippen molar-refractivity contribution in [3.05, 3.63) is 46.1 Å². The average Bonchev–Trinajstić information content (AvgIpc) is 2.47. The van der Waals surface area contributed by atoms with Gasteiger partial charge in [-0.05, 0) is 59.5 Å². The van der Waals surface area contributed by atoms with Crippen LogP contribution in [0.15, 0.2) is 36.9 Å². The minimum atomic E-state index is -0.0150. The van der Waals surface area contributed by atoms with Gasteiger partial charge in [-0.2, -0.15) is 0 Å². The number of ether oxygens (including phenoxy) is 1. The first-order chi connectivity index (χ1) is 9.70. The molecule has 1 aliphatic rings. The van der Waals surface area contributed by atoms with Crippen LogP contribution >= 0.6 is 22.6 Å². The van der Waals surface area contributed by atoms with Crippen LogP contribution in [0.5, 0.6) is 0 Å². The molecule has 20 heavy (non-hydrogen) atoms. The van der Waals surface area contributed by atoms with Crippen LogP contribution in [0.25, 0.3) is 0 Å². The summed E-state index contributed by atoms with van der Waals surface area (Å²) < 4.78 is 6.56. The van der Waals surface area contributed by atoms with E-state index in [0.717, 1.165) is 31.4 Å². The summed E-state index contributed by atoms with van der Waals surface area (Å²) in [4.78, 5) is 12.3. The van der Waals surface area contributed by atoms with E-state index >= 15 is 0 Å². The lowest BCUT2D eigenvalue weighted by molar-refractivity contribution is -0.129. The lowest BCUT2D eigenvalue weighted by Crippen LogP contribution is -2.37. The Labute approximate surface area is 133 Å². The molecular weight excluding hydrogens is 365 g/mol. The van der Waals surface area contributed by atoms with Gasteiger partial charge >= 0.3 is 0 Å². The van der Waals surface area contributed by atoms with Crippen LogP contribution in [0, 0.1) is 9.49 Å². The summed E-state index contributed by atoms with van der Waals surface area (Å²) in [6, 6.07) is 8.21. The quantitative estimate of drug-likeness (QED) is 0.623. The van der Waals surface area contributed by atoms with Crippen molar-refractivity contribution >= 4 is 28.5 Å². The first-order valence-electron chi connectivity index (χ1n) is 6.95. The van der Waals surface area contributed by atoms with E-state index < -0.39 is 0 Å². The summed E-state index contributed by atoms with van der Waals surface area (Å²) in [5, 5.41) is 3.14. The third-order valence-corrected chi connectivity index (χ3v) is 4.17. The average molecular weight is 385 g/mol. The normalized spacial score (nSPS) is 20.1. The smallest absolute Gasteiger partial charge is 0.225 e. The molecule has 4 heteroatoms. The Bertz CT molecular complexity index is 469. The highest BCUT2D eigenvalue weighted by atomic mass is 127. The first-order valence-corrected chi connectivity index (χ1v) is 8.03. The van der Waals surface area contributed by atoms with Crippen molar-refractivity contribution in [2.45, 2.75) is 25.3 Å². The Morgan fingerprint density at radius 3 is 3.10 bits per heavy atom. The van der Waals surface area contributed by atoms with E-state index in [1.54, 1.807) is 0 Å². The molecule has 2 rings (SSSR count). The van der Waals surface area contributed by atoms with Crippen molar-refractivity contribution in [3.63, 3.8) is 0 Å². The summed E-state index contributed by atoms with van der Waals surface area (Å²) >= 11 is 2.29. The Morgan fingerprint density at radius 2 is 2.45 bits per heavy atom. The lowest BCUT2D eigenvalue weighted by Gasteiger charge is -2.25. The van der Waals surface area contributed by atoms with Crippen LogP contribution in [0.1, 0.15) is 30.9 Å². The maximum absolute atomic E-state index is 12.3. The molecule has 1 amide bonds. The van der Waals surface area contributed by atoms with Crippen molar-refractivity contribution in [2.75, 3.05) is 13.2 Å². The highest BCUT2D eigenvalue weighted by Crippen LogP contribution is 2.21. The van der Waals surface area contributed by atoms with E-state index in [-0.39, 0.29) is 17.9 Å². The second kappa shape index (κ2) is 7.78. The van der Waals surface area contributed by atoms with Crippen LogP contribution in [-0.4, -0.2) is 19.1 Å². The summed E-state index contributed by atoms with van der Waals surface area (Å²) in [6.45, 7) is 5.11. The van der Waals surface area contributed by atoms with Gasteiger partial charge in [-0.1, -0.05) is 18.2 Å². The number of carbonyl (C=O) groups excluding carboxylic acids is 1. The molecule has 1 aliphatic heterocycles. The molecule has 1 heterocycles. The van der Waals surface area contributed by atoms with Gasteiger partial charge in [0.25, 0.3) is 0 Å². The lowest BCUT2D eigenvalue weighted by atomic mass is 9.98. The fourth-order valence-corrected chi connectivity index (χ4v) is 2.97. The second-order valence-electron chi connectivity index (χ2n) is 5.05. The number of benzene rings is 1. The van der Waals surface area contributed by atoms with Gasteiger partial charge in [-0.15, -0.1) is 6.58 Å². The van der Waals surface area contributed by atoms with Gasteiger partial charge in [0, 0.05) is 10.2 Å². The zero-order chi connectivity index (χ0) is 14.4. The molecule has 1 aromatic carbocycles. The van der Waals surface area contributed by atoms with Crippen molar-refractivity contribution < 1.29 is 9.53 Å². The molecule has 1 fully saturated rings. The molecule has 0 aliphatic carbocycles. The Hall–Kier alpha value is -0.880. The van der Waals surface area contributed by atoms with Gasteiger partial charge in [0.1, 0.15) is 0 Å². The zero-order valence-electron chi connectivity index (χ0n) is 11.5. The van der Waals surface area contributed by atoms with Gasteiger partial charge < -0.3 is 10.1 Å². The van der Waals surface area contributed by atoms with Crippen molar-refractivity contribution in [3.8, 4) is 0 Å². The number of rotatable bonds is 5.